The largest absolute Gasteiger partial charge is 0.291 e. The van der Waals surface area contributed by atoms with Crippen molar-refractivity contribution in [2.24, 2.45) is 0 Å². The quantitative estimate of drug-likeness (QED) is 0.619. The van der Waals surface area contributed by atoms with Crippen LogP contribution in [0.5, 0.6) is 0 Å². The summed E-state index contributed by atoms with van der Waals surface area (Å²) in [5, 5.41) is 3.94. The van der Waals surface area contributed by atoms with Gasteiger partial charge in [-0.05, 0) is 15.9 Å². The smallest absolute Gasteiger partial charge is 0.217 e. The Balaban J connectivity index is 2.59. The number of carbonyl (C=O) groups is 1. The molecule has 0 radical (unpaired) electrons. The van der Waals surface area contributed by atoms with Crippen molar-refractivity contribution in [3.63, 3.8) is 0 Å². The Labute approximate surface area is 65.4 Å². The van der Waals surface area contributed by atoms with E-state index in [1.54, 1.807) is 4.68 Å². The molecule has 0 spiro atoms. The van der Waals surface area contributed by atoms with E-state index in [1.165, 1.54) is 0 Å². The van der Waals surface area contributed by atoms with E-state index in [-0.39, 0.29) is 5.78 Å². The maximum Gasteiger partial charge on any atom is 0.217 e. The third kappa shape index (κ3) is 0.701. The van der Waals surface area contributed by atoms with Crippen LogP contribution in [0.2, 0.25) is 0 Å². The topological polar surface area (TPSA) is 47.8 Å². The number of Topliss-reactive ketones (excluding diaryl/α,β-unsaturated/α-hetero) is 1. The van der Waals surface area contributed by atoms with Crippen molar-refractivity contribution in [1.29, 1.82) is 0 Å². The zero-order valence-electron chi connectivity index (χ0n) is 5.04. The molecule has 4 nitrogen and oxygen atoms in total. The molecule has 2 heterocycles. The number of rotatable bonds is 0. The second-order valence-electron chi connectivity index (χ2n) is 2.10. The van der Waals surface area contributed by atoms with Gasteiger partial charge < -0.3 is 0 Å². The second kappa shape index (κ2) is 1.88. The van der Waals surface area contributed by atoms with Gasteiger partial charge in [-0.15, -0.1) is 5.10 Å². The van der Waals surface area contributed by atoms with Gasteiger partial charge in [0.1, 0.15) is 0 Å². The lowest BCUT2D eigenvalue weighted by molar-refractivity contribution is 0.0990. The molecule has 1 aliphatic heterocycles. The maximum atomic E-state index is 10.9. The second-order valence-corrected chi connectivity index (χ2v) is 2.81. The van der Waals surface area contributed by atoms with Gasteiger partial charge in [-0.25, -0.2) is 4.68 Å². The zero-order chi connectivity index (χ0) is 7.14. The Morgan fingerprint density at radius 1 is 1.60 bits per heavy atom. The third-order valence-corrected chi connectivity index (χ3v) is 1.78. The molecule has 0 bridgehead atoms. The fourth-order valence-electron chi connectivity index (χ4n) is 0.996. The lowest BCUT2D eigenvalue weighted by Gasteiger charge is -1.84. The molecule has 0 unspecified atom stereocenters. The fourth-order valence-corrected chi connectivity index (χ4v) is 1.36. The van der Waals surface area contributed by atoms with Crippen molar-refractivity contribution in [2.75, 3.05) is 0 Å². The number of hydrogen-bond acceptors (Lipinski definition) is 3. The molecule has 1 aliphatic rings. The van der Waals surface area contributed by atoms with E-state index >= 15 is 0 Å². The first-order valence-electron chi connectivity index (χ1n) is 2.91. The summed E-state index contributed by atoms with van der Waals surface area (Å²) in [5.74, 6) is 0.560. The molecule has 52 valence electrons. The van der Waals surface area contributed by atoms with Crippen molar-refractivity contribution in [1.82, 2.24) is 14.8 Å². The van der Waals surface area contributed by atoms with E-state index in [1.807, 2.05) is 0 Å². The minimum Gasteiger partial charge on any atom is -0.291 e. The maximum absolute atomic E-state index is 10.9. The summed E-state index contributed by atoms with van der Waals surface area (Å²) < 4.78 is 2.11. The Kier molecular flexibility index (Phi) is 1.14. The normalized spacial score (nSPS) is 15.9. The van der Waals surface area contributed by atoms with E-state index in [2.05, 4.69) is 26.0 Å². The Morgan fingerprint density at radius 2 is 2.40 bits per heavy atom. The summed E-state index contributed by atoms with van der Waals surface area (Å²) in [5.41, 5.74) is 0. The van der Waals surface area contributed by atoms with Gasteiger partial charge in [0.15, 0.2) is 5.82 Å². The number of hydrogen-bond donors (Lipinski definition) is 0. The van der Waals surface area contributed by atoms with Crippen LogP contribution in [0.25, 0.3) is 0 Å². The van der Waals surface area contributed by atoms with Crippen molar-refractivity contribution in [3.8, 4) is 0 Å². The standard InChI is InChI=1S/C5H4BrN3O/c6-5-7-4-3(10)1-2-9(4)8-5/h1-2H2. The first-order chi connectivity index (χ1) is 4.77. The lowest BCUT2D eigenvalue weighted by atomic mass is 10.3. The van der Waals surface area contributed by atoms with Crippen molar-refractivity contribution in [2.45, 2.75) is 13.0 Å². The first kappa shape index (κ1) is 6.03. The number of nitrogens with zero attached hydrogens (tertiary/aromatic N) is 3. The van der Waals surface area contributed by atoms with E-state index in [9.17, 15) is 4.79 Å². The van der Waals surface area contributed by atoms with E-state index in [0.29, 0.717) is 23.5 Å². The SMILES string of the molecule is O=C1CCn2nc(Br)nc21. The highest BCUT2D eigenvalue weighted by Crippen LogP contribution is 2.13. The average Bonchev–Trinajstić information content (AvgIpc) is 2.35. The molecule has 2 rings (SSSR count). The molecule has 0 atom stereocenters. The van der Waals surface area contributed by atoms with Gasteiger partial charge in [-0.1, -0.05) is 0 Å². The van der Waals surface area contributed by atoms with Crippen LogP contribution in [0.4, 0.5) is 0 Å². The first-order valence-corrected chi connectivity index (χ1v) is 3.70. The molecule has 1 aromatic rings. The highest BCUT2D eigenvalue weighted by Gasteiger charge is 2.22. The third-order valence-electron chi connectivity index (χ3n) is 1.45. The molecule has 0 amide bonds. The predicted molar refractivity (Wildman–Crippen MR) is 36.7 cm³/mol. The summed E-state index contributed by atoms with van der Waals surface area (Å²) >= 11 is 3.09. The summed E-state index contributed by atoms with van der Waals surface area (Å²) in [4.78, 5) is 14.8. The van der Waals surface area contributed by atoms with Gasteiger partial charge in [0.2, 0.25) is 10.5 Å². The zero-order valence-corrected chi connectivity index (χ0v) is 6.63. The minimum absolute atomic E-state index is 0.0817. The minimum atomic E-state index is 0.0817. The van der Waals surface area contributed by atoms with Crippen molar-refractivity contribution >= 4 is 21.7 Å². The van der Waals surface area contributed by atoms with Gasteiger partial charge in [-0.3, -0.25) is 4.79 Å². The fraction of sp³-hybridized carbons (Fsp3) is 0.400. The number of aromatic nitrogens is 3. The Bertz CT molecular complexity index is 293. The molecule has 0 aromatic carbocycles. The summed E-state index contributed by atoms with van der Waals surface area (Å²) in [6, 6.07) is 0. The monoisotopic (exact) mass is 201 g/mol. The molecule has 0 saturated carbocycles. The van der Waals surface area contributed by atoms with Crippen LogP contribution in [-0.2, 0) is 6.54 Å². The number of fused-ring (bicyclic) bond motifs is 1. The van der Waals surface area contributed by atoms with Crippen LogP contribution in [0.1, 0.15) is 17.0 Å². The molecule has 0 saturated heterocycles. The Hall–Kier alpha value is -0.710. The highest BCUT2D eigenvalue weighted by molar-refractivity contribution is 9.10. The van der Waals surface area contributed by atoms with Gasteiger partial charge >= 0.3 is 0 Å². The van der Waals surface area contributed by atoms with Crippen LogP contribution >= 0.6 is 15.9 Å². The highest BCUT2D eigenvalue weighted by atomic mass is 79.9. The van der Waals surface area contributed by atoms with Gasteiger partial charge in [0, 0.05) is 6.42 Å². The van der Waals surface area contributed by atoms with Crippen LogP contribution in [-0.4, -0.2) is 20.5 Å². The Morgan fingerprint density at radius 3 is 3.10 bits per heavy atom. The van der Waals surface area contributed by atoms with E-state index < -0.39 is 0 Å². The van der Waals surface area contributed by atoms with E-state index in [4.69, 9.17) is 0 Å². The molecule has 0 fully saturated rings. The van der Waals surface area contributed by atoms with Crippen molar-refractivity contribution in [3.05, 3.63) is 10.6 Å². The molecule has 1 aromatic heterocycles. The van der Waals surface area contributed by atoms with Gasteiger partial charge in [-0.2, -0.15) is 4.98 Å². The number of halogens is 1. The molecule has 10 heavy (non-hydrogen) atoms. The number of ketones is 1. The molecular weight excluding hydrogens is 198 g/mol. The molecule has 0 N–H and O–H groups in total. The lowest BCUT2D eigenvalue weighted by Crippen LogP contribution is -1.95. The summed E-state index contributed by atoms with van der Waals surface area (Å²) in [7, 11) is 0. The summed E-state index contributed by atoms with van der Waals surface area (Å²) in [6.07, 6.45) is 0.544. The molecule has 0 aliphatic carbocycles. The van der Waals surface area contributed by atoms with Gasteiger partial charge in [0.25, 0.3) is 0 Å². The van der Waals surface area contributed by atoms with Crippen LogP contribution in [0.15, 0.2) is 4.73 Å². The number of aryl methyl sites for hydroxylation is 1. The molecule has 5 heteroatoms. The number of carbonyl (C=O) groups excluding carboxylic acids is 1. The predicted octanol–water partition coefficient (Wildman–Crippen LogP) is 0.627. The summed E-state index contributed by atoms with van der Waals surface area (Å²) in [6.45, 7) is 0.673. The van der Waals surface area contributed by atoms with Crippen LogP contribution in [0, 0.1) is 0 Å². The van der Waals surface area contributed by atoms with Gasteiger partial charge in [0.05, 0.1) is 6.54 Å². The van der Waals surface area contributed by atoms with E-state index in [0.717, 1.165) is 0 Å². The average molecular weight is 202 g/mol. The van der Waals surface area contributed by atoms with Crippen LogP contribution in [0.3, 0.4) is 0 Å². The molecular formula is C5H4BrN3O. The van der Waals surface area contributed by atoms with Crippen molar-refractivity contribution < 1.29 is 4.79 Å². The van der Waals surface area contributed by atoms with Crippen LogP contribution < -0.4 is 0 Å².